The van der Waals surface area contributed by atoms with Crippen LogP contribution in [0.25, 0.3) is 0 Å². The highest BCUT2D eigenvalue weighted by Gasteiger charge is 2.29. The first-order valence-corrected chi connectivity index (χ1v) is 12.0. The van der Waals surface area contributed by atoms with E-state index in [0.29, 0.717) is 19.7 Å². The van der Waals surface area contributed by atoms with Crippen LogP contribution < -0.4 is 0 Å². The van der Waals surface area contributed by atoms with Crippen LogP contribution in [0.1, 0.15) is 82.6 Å². The van der Waals surface area contributed by atoms with Gasteiger partial charge in [-0.15, -0.1) is 11.8 Å². The standard InChI is InChI=1S/C21H37NO3S.2C2H6/c1-9-12-13-14-18(10-2)26-21(7,17-24-8)15-16-22(11-3)19(23)25-20(4,5)6;2*1-2/h9-10,12-14H,11,15-17H2,1-8H3;2*1-2H3/b12-9-,14-13-,18-10+;;. The molecular formula is C25H49NO3S. The lowest BCUT2D eigenvalue weighted by Gasteiger charge is -2.32. The summed E-state index contributed by atoms with van der Waals surface area (Å²) in [5.41, 5.74) is -0.481. The Balaban J connectivity index is -0.00000171. The Hall–Kier alpha value is -1.20. The molecule has 0 aromatic heterocycles. The van der Waals surface area contributed by atoms with E-state index in [1.54, 1.807) is 23.8 Å². The van der Waals surface area contributed by atoms with E-state index in [9.17, 15) is 4.79 Å². The van der Waals surface area contributed by atoms with Gasteiger partial charge in [0.15, 0.2) is 0 Å². The van der Waals surface area contributed by atoms with E-state index >= 15 is 0 Å². The molecule has 4 nitrogen and oxygen atoms in total. The zero-order chi connectivity index (χ0) is 24.2. The fraction of sp³-hybridized carbons (Fsp3) is 0.720. The molecule has 1 atom stereocenters. The largest absolute Gasteiger partial charge is 0.444 e. The maximum Gasteiger partial charge on any atom is 0.410 e. The van der Waals surface area contributed by atoms with E-state index in [1.807, 2.05) is 87.5 Å². The maximum absolute atomic E-state index is 12.4. The predicted molar refractivity (Wildman–Crippen MR) is 136 cm³/mol. The minimum atomic E-state index is -0.481. The molecule has 0 aromatic rings. The fourth-order valence-electron chi connectivity index (χ4n) is 2.27. The number of nitrogens with zero attached hydrogens (tertiary/aromatic N) is 1. The number of thioether (sulfide) groups is 1. The molecule has 0 heterocycles. The van der Waals surface area contributed by atoms with Gasteiger partial charge in [0.05, 0.1) is 6.61 Å². The van der Waals surface area contributed by atoms with Crippen LogP contribution >= 0.6 is 11.8 Å². The molecule has 5 heteroatoms. The molecule has 30 heavy (non-hydrogen) atoms. The quantitative estimate of drug-likeness (QED) is 0.322. The number of amides is 1. The number of methoxy groups -OCH3 is 1. The zero-order valence-corrected chi connectivity index (χ0v) is 22.6. The van der Waals surface area contributed by atoms with Crippen LogP contribution in [0.15, 0.2) is 35.3 Å². The van der Waals surface area contributed by atoms with E-state index in [-0.39, 0.29) is 10.8 Å². The van der Waals surface area contributed by atoms with Crippen molar-refractivity contribution in [3.63, 3.8) is 0 Å². The Bertz CT molecular complexity index is 507. The van der Waals surface area contributed by atoms with Crippen LogP contribution in [0, 0.1) is 0 Å². The number of hydrogen-bond acceptors (Lipinski definition) is 4. The molecular weight excluding hydrogens is 394 g/mol. The molecule has 0 aliphatic rings. The second-order valence-electron chi connectivity index (χ2n) is 7.37. The van der Waals surface area contributed by atoms with Crippen LogP contribution in [-0.2, 0) is 9.47 Å². The second-order valence-corrected chi connectivity index (χ2v) is 9.03. The lowest BCUT2D eigenvalue weighted by atomic mass is 10.1. The summed E-state index contributed by atoms with van der Waals surface area (Å²) in [5.74, 6) is 0. The van der Waals surface area contributed by atoms with Crippen molar-refractivity contribution in [1.82, 2.24) is 4.90 Å². The van der Waals surface area contributed by atoms with Gasteiger partial charge in [-0.25, -0.2) is 4.79 Å². The molecule has 0 N–H and O–H groups in total. The van der Waals surface area contributed by atoms with Crippen molar-refractivity contribution in [3.8, 4) is 0 Å². The normalized spacial score (nSPS) is 13.8. The summed E-state index contributed by atoms with van der Waals surface area (Å²) >= 11 is 1.78. The van der Waals surface area contributed by atoms with Crippen molar-refractivity contribution in [1.29, 1.82) is 0 Å². The summed E-state index contributed by atoms with van der Waals surface area (Å²) in [7, 11) is 1.72. The second kappa shape index (κ2) is 19.7. The smallest absolute Gasteiger partial charge is 0.410 e. The highest BCUT2D eigenvalue weighted by Crippen LogP contribution is 2.36. The topological polar surface area (TPSA) is 38.8 Å². The van der Waals surface area contributed by atoms with Crippen molar-refractivity contribution < 1.29 is 14.3 Å². The number of allylic oxidation sites excluding steroid dienone is 5. The summed E-state index contributed by atoms with van der Waals surface area (Å²) in [5, 5.41) is 0. The Kier molecular flexibility index (Phi) is 22.0. The molecule has 0 aliphatic heterocycles. The molecule has 0 aliphatic carbocycles. The summed E-state index contributed by atoms with van der Waals surface area (Å²) < 4.78 is 10.8. The van der Waals surface area contributed by atoms with E-state index in [2.05, 4.69) is 19.1 Å². The molecule has 0 bridgehead atoms. The third kappa shape index (κ3) is 17.6. The van der Waals surface area contributed by atoms with Crippen molar-refractivity contribution in [2.24, 2.45) is 0 Å². The van der Waals surface area contributed by atoms with Gasteiger partial charge in [-0.1, -0.05) is 52.0 Å². The van der Waals surface area contributed by atoms with Crippen molar-refractivity contribution in [2.45, 2.75) is 92.9 Å². The van der Waals surface area contributed by atoms with Gasteiger partial charge >= 0.3 is 6.09 Å². The lowest BCUT2D eigenvalue weighted by molar-refractivity contribution is 0.0248. The number of hydrogen-bond donors (Lipinski definition) is 0. The highest BCUT2D eigenvalue weighted by atomic mass is 32.2. The number of ether oxygens (including phenoxy) is 2. The van der Waals surface area contributed by atoms with Gasteiger partial charge in [0, 0.05) is 29.9 Å². The SMILES string of the molecule is CC.CC.C\C=C/C=C\C(=C/C)SC(C)(CCN(CC)C(=O)OC(C)(C)C)COC. The Morgan fingerprint density at radius 3 is 2.00 bits per heavy atom. The van der Waals surface area contributed by atoms with Crippen LogP contribution in [0.3, 0.4) is 0 Å². The van der Waals surface area contributed by atoms with Gasteiger partial charge in [0.2, 0.25) is 0 Å². The molecule has 0 saturated carbocycles. The molecule has 0 saturated heterocycles. The van der Waals surface area contributed by atoms with E-state index in [1.165, 1.54) is 4.91 Å². The maximum atomic E-state index is 12.4. The molecule has 0 rings (SSSR count). The van der Waals surface area contributed by atoms with Crippen LogP contribution in [0.4, 0.5) is 4.79 Å². The van der Waals surface area contributed by atoms with Crippen molar-refractivity contribution in [3.05, 3.63) is 35.3 Å². The lowest BCUT2D eigenvalue weighted by Crippen LogP contribution is -2.40. The van der Waals surface area contributed by atoms with Gasteiger partial charge in [-0.2, -0.15) is 0 Å². The van der Waals surface area contributed by atoms with Gasteiger partial charge < -0.3 is 14.4 Å². The third-order valence-electron chi connectivity index (χ3n) is 3.61. The Labute approximate surface area is 192 Å². The molecule has 0 spiro atoms. The Morgan fingerprint density at radius 1 is 1.03 bits per heavy atom. The molecule has 0 radical (unpaired) electrons. The van der Waals surface area contributed by atoms with Crippen LogP contribution in [-0.4, -0.2) is 48.1 Å². The van der Waals surface area contributed by atoms with E-state index in [4.69, 9.17) is 9.47 Å². The van der Waals surface area contributed by atoms with Gasteiger partial charge in [-0.3, -0.25) is 0 Å². The highest BCUT2D eigenvalue weighted by molar-refractivity contribution is 8.04. The molecule has 1 amide bonds. The number of carbonyl (C=O) groups excluding carboxylic acids is 1. The number of rotatable bonds is 10. The molecule has 0 fully saturated rings. The Morgan fingerprint density at radius 2 is 1.60 bits per heavy atom. The van der Waals surface area contributed by atoms with Crippen molar-refractivity contribution in [2.75, 3.05) is 26.8 Å². The average molecular weight is 444 g/mol. The van der Waals surface area contributed by atoms with Gasteiger partial charge in [0.25, 0.3) is 0 Å². The summed E-state index contributed by atoms with van der Waals surface area (Å²) in [6, 6.07) is 0. The summed E-state index contributed by atoms with van der Waals surface area (Å²) in [4.78, 5) is 15.3. The molecule has 1 unspecified atom stereocenters. The first kappa shape index (κ1) is 33.4. The predicted octanol–water partition coefficient (Wildman–Crippen LogP) is 7.86. The summed E-state index contributed by atoms with van der Waals surface area (Å²) in [6.45, 7) is 23.7. The first-order valence-electron chi connectivity index (χ1n) is 11.2. The average Bonchev–Trinajstić information content (AvgIpc) is 2.69. The van der Waals surface area contributed by atoms with E-state index < -0.39 is 5.60 Å². The van der Waals surface area contributed by atoms with Crippen LogP contribution in [0.2, 0.25) is 0 Å². The van der Waals surface area contributed by atoms with Crippen LogP contribution in [0.5, 0.6) is 0 Å². The minimum Gasteiger partial charge on any atom is -0.444 e. The molecule has 0 aromatic carbocycles. The third-order valence-corrected chi connectivity index (χ3v) is 5.03. The summed E-state index contributed by atoms with van der Waals surface area (Å²) in [6.07, 6.45) is 10.8. The monoisotopic (exact) mass is 443 g/mol. The van der Waals surface area contributed by atoms with E-state index in [0.717, 1.165) is 6.42 Å². The first-order chi connectivity index (χ1) is 14.1. The number of carbonyl (C=O) groups is 1. The zero-order valence-electron chi connectivity index (χ0n) is 21.8. The fourth-order valence-corrected chi connectivity index (χ4v) is 3.47. The van der Waals surface area contributed by atoms with Gasteiger partial charge in [-0.05, 0) is 61.0 Å². The molecule has 178 valence electrons. The minimum absolute atomic E-state index is 0.133. The van der Waals surface area contributed by atoms with Crippen molar-refractivity contribution >= 4 is 17.9 Å². The van der Waals surface area contributed by atoms with Gasteiger partial charge in [0.1, 0.15) is 5.60 Å².